The largest absolute Gasteiger partial charge is 0.494 e. The van der Waals surface area contributed by atoms with Crippen molar-refractivity contribution in [2.75, 3.05) is 50.6 Å². The number of hydrogen-bond donors (Lipinski definition) is 2. The van der Waals surface area contributed by atoms with Crippen molar-refractivity contribution in [1.82, 2.24) is 19.4 Å². The smallest absolute Gasteiger partial charge is 0.339 e. The number of likely N-dealkylation sites (N-methyl/N-ethyl adjacent to an activating group) is 1. The standard InChI is InChI=1S/C26H27N7O5/c1-30-8-10-32(11-9-30)21-13-23(38-3)19(12-22(21)33(36)37)28-26-27-14-17(25(34)35)24(29-26)18-15-31(2)20-7-5-4-6-16(18)20/h4-7,12-15H,8-11H2,1-3H3,(H,34,35)(H,27,28,29). The number of aromatic carboxylic acids is 1. The summed E-state index contributed by atoms with van der Waals surface area (Å²) in [7, 11) is 5.37. The van der Waals surface area contributed by atoms with Crippen molar-refractivity contribution in [3.63, 3.8) is 0 Å². The highest BCUT2D eigenvalue weighted by atomic mass is 16.6. The second-order valence-corrected chi connectivity index (χ2v) is 9.15. The van der Waals surface area contributed by atoms with Gasteiger partial charge in [0.05, 0.1) is 23.4 Å². The Morgan fingerprint density at radius 1 is 1.16 bits per heavy atom. The number of anilines is 3. The highest BCUT2D eigenvalue weighted by Crippen LogP contribution is 2.40. The fraction of sp³-hybridized carbons (Fsp3) is 0.269. The lowest BCUT2D eigenvalue weighted by Gasteiger charge is -2.34. The number of rotatable bonds is 7. The number of aryl methyl sites for hydroxylation is 1. The molecule has 4 aromatic rings. The van der Waals surface area contributed by atoms with Gasteiger partial charge in [-0.25, -0.2) is 14.8 Å². The molecule has 1 saturated heterocycles. The van der Waals surface area contributed by atoms with Crippen molar-refractivity contribution < 1.29 is 19.6 Å². The number of piperazine rings is 1. The summed E-state index contributed by atoms with van der Waals surface area (Å²) >= 11 is 0. The van der Waals surface area contributed by atoms with E-state index >= 15 is 0 Å². The molecule has 3 heterocycles. The number of methoxy groups -OCH3 is 1. The van der Waals surface area contributed by atoms with Crippen molar-refractivity contribution in [3.05, 3.63) is 64.5 Å². The van der Waals surface area contributed by atoms with Crippen LogP contribution in [0.1, 0.15) is 10.4 Å². The number of aromatic nitrogens is 3. The van der Waals surface area contributed by atoms with E-state index in [4.69, 9.17) is 4.74 Å². The molecule has 0 aliphatic carbocycles. The molecule has 1 aliphatic rings. The quantitative estimate of drug-likeness (QED) is 0.275. The molecule has 5 rings (SSSR count). The summed E-state index contributed by atoms with van der Waals surface area (Å²) < 4.78 is 7.47. The predicted octanol–water partition coefficient (Wildman–Crippen LogP) is 3.75. The molecule has 2 aromatic heterocycles. The van der Waals surface area contributed by atoms with E-state index in [1.54, 1.807) is 6.07 Å². The SMILES string of the molecule is COc1cc(N2CCN(C)CC2)c([N+](=O)[O-])cc1Nc1ncc(C(=O)O)c(-c2cn(C)c3ccccc23)n1. The Morgan fingerprint density at radius 2 is 1.89 bits per heavy atom. The summed E-state index contributed by atoms with van der Waals surface area (Å²) in [4.78, 5) is 36.5. The molecule has 2 N–H and O–H groups in total. The van der Waals surface area contributed by atoms with Gasteiger partial charge in [-0.1, -0.05) is 18.2 Å². The zero-order valence-electron chi connectivity index (χ0n) is 21.2. The molecule has 1 fully saturated rings. The molecule has 0 radical (unpaired) electrons. The van der Waals surface area contributed by atoms with Crippen LogP contribution in [0.15, 0.2) is 48.8 Å². The van der Waals surface area contributed by atoms with E-state index in [-0.39, 0.29) is 22.9 Å². The topological polar surface area (TPSA) is 139 Å². The van der Waals surface area contributed by atoms with Crippen LogP contribution in [-0.2, 0) is 7.05 Å². The molecule has 1 aliphatic heterocycles. The highest BCUT2D eigenvalue weighted by Gasteiger charge is 2.26. The number of carboxylic acid groups (broad SMARTS) is 1. The molecule has 0 saturated carbocycles. The Balaban J connectivity index is 1.57. The normalized spacial score (nSPS) is 14.0. The van der Waals surface area contributed by atoms with Gasteiger partial charge in [-0.2, -0.15) is 0 Å². The lowest BCUT2D eigenvalue weighted by Crippen LogP contribution is -2.44. The molecule has 196 valence electrons. The number of nitrogens with zero attached hydrogens (tertiary/aromatic N) is 6. The summed E-state index contributed by atoms with van der Waals surface area (Å²) in [6.07, 6.45) is 3.05. The minimum absolute atomic E-state index is 0.0599. The average Bonchev–Trinajstić information content (AvgIpc) is 3.25. The van der Waals surface area contributed by atoms with Gasteiger partial charge < -0.3 is 29.5 Å². The first-order valence-corrected chi connectivity index (χ1v) is 12.0. The summed E-state index contributed by atoms with van der Waals surface area (Å²) in [6.45, 7) is 2.89. The molecular formula is C26H27N7O5. The third-order valence-corrected chi connectivity index (χ3v) is 6.76. The molecule has 0 amide bonds. The van der Waals surface area contributed by atoms with E-state index in [0.29, 0.717) is 35.8 Å². The minimum atomic E-state index is -1.16. The number of ether oxygens (including phenoxy) is 1. The van der Waals surface area contributed by atoms with E-state index in [1.807, 2.05) is 54.0 Å². The number of nitro groups is 1. The van der Waals surface area contributed by atoms with Gasteiger partial charge in [-0.05, 0) is 13.1 Å². The van der Waals surface area contributed by atoms with Crippen LogP contribution in [0.3, 0.4) is 0 Å². The number of benzene rings is 2. The molecular weight excluding hydrogens is 490 g/mol. The predicted molar refractivity (Wildman–Crippen MR) is 144 cm³/mol. The Labute approximate surface area is 218 Å². The number of nitro benzene ring substituents is 1. The third-order valence-electron chi connectivity index (χ3n) is 6.76. The summed E-state index contributed by atoms with van der Waals surface area (Å²) in [5.41, 5.74) is 2.42. The lowest BCUT2D eigenvalue weighted by molar-refractivity contribution is -0.384. The summed E-state index contributed by atoms with van der Waals surface area (Å²) in [5, 5.41) is 25.7. The van der Waals surface area contributed by atoms with Crippen LogP contribution in [0, 0.1) is 10.1 Å². The number of hydrogen-bond acceptors (Lipinski definition) is 9. The van der Waals surface area contributed by atoms with Crippen LogP contribution in [0.2, 0.25) is 0 Å². The van der Waals surface area contributed by atoms with Crippen LogP contribution in [0.5, 0.6) is 5.75 Å². The Morgan fingerprint density at radius 3 is 2.58 bits per heavy atom. The first kappa shape index (κ1) is 25.0. The first-order valence-electron chi connectivity index (χ1n) is 12.0. The van der Waals surface area contributed by atoms with Crippen LogP contribution in [0.25, 0.3) is 22.2 Å². The third kappa shape index (κ3) is 4.57. The zero-order chi connectivity index (χ0) is 27.0. The van der Waals surface area contributed by atoms with E-state index in [9.17, 15) is 20.0 Å². The Kier molecular flexibility index (Phi) is 6.55. The Bertz CT molecular complexity index is 1540. The maximum atomic E-state index is 12.0. The molecule has 0 unspecified atom stereocenters. The maximum absolute atomic E-state index is 12.0. The van der Waals surface area contributed by atoms with E-state index < -0.39 is 10.9 Å². The zero-order valence-corrected chi connectivity index (χ0v) is 21.2. The Hall–Kier alpha value is -4.71. The molecule has 0 spiro atoms. The minimum Gasteiger partial charge on any atom is -0.494 e. The monoisotopic (exact) mass is 517 g/mol. The molecule has 38 heavy (non-hydrogen) atoms. The van der Waals surface area contributed by atoms with Crippen LogP contribution in [0.4, 0.5) is 23.0 Å². The van der Waals surface area contributed by atoms with Crippen molar-refractivity contribution >= 4 is 39.9 Å². The summed E-state index contributed by atoms with van der Waals surface area (Å²) in [5.74, 6) is -0.704. The van der Waals surface area contributed by atoms with Crippen LogP contribution >= 0.6 is 0 Å². The van der Waals surface area contributed by atoms with Gasteiger partial charge in [-0.15, -0.1) is 0 Å². The second-order valence-electron chi connectivity index (χ2n) is 9.15. The van der Waals surface area contributed by atoms with Gasteiger partial charge in [0.25, 0.3) is 5.69 Å². The molecule has 12 nitrogen and oxygen atoms in total. The van der Waals surface area contributed by atoms with Crippen molar-refractivity contribution in [2.45, 2.75) is 0 Å². The molecule has 12 heteroatoms. The number of fused-ring (bicyclic) bond motifs is 1. The fourth-order valence-electron chi connectivity index (χ4n) is 4.73. The fourth-order valence-corrected chi connectivity index (χ4v) is 4.73. The van der Waals surface area contributed by atoms with Gasteiger partial charge in [0.15, 0.2) is 0 Å². The first-order chi connectivity index (χ1) is 18.3. The van der Waals surface area contributed by atoms with Gasteiger partial charge in [-0.3, -0.25) is 10.1 Å². The van der Waals surface area contributed by atoms with E-state index in [0.717, 1.165) is 24.0 Å². The van der Waals surface area contributed by atoms with Crippen molar-refractivity contribution in [1.29, 1.82) is 0 Å². The van der Waals surface area contributed by atoms with Crippen LogP contribution in [-0.4, -0.2) is 75.8 Å². The summed E-state index contributed by atoms with van der Waals surface area (Å²) in [6, 6.07) is 10.7. The van der Waals surface area contributed by atoms with Crippen molar-refractivity contribution in [2.24, 2.45) is 7.05 Å². The lowest BCUT2D eigenvalue weighted by atomic mass is 10.1. The number of para-hydroxylation sites is 1. The molecule has 0 atom stereocenters. The van der Waals surface area contributed by atoms with Crippen LogP contribution < -0.4 is 15.0 Å². The van der Waals surface area contributed by atoms with E-state index in [2.05, 4.69) is 20.2 Å². The van der Waals surface area contributed by atoms with Crippen molar-refractivity contribution in [3.8, 4) is 17.0 Å². The second kappa shape index (κ2) is 9.98. The number of carboxylic acids is 1. The number of carbonyl (C=O) groups is 1. The van der Waals surface area contributed by atoms with Gasteiger partial charge in [0.2, 0.25) is 5.95 Å². The van der Waals surface area contributed by atoms with E-state index in [1.165, 1.54) is 19.4 Å². The average molecular weight is 518 g/mol. The van der Waals surface area contributed by atoms with Gasteiger partial charge >= 0.3 is 5.97 Å². The highest BCUT2D eigenvalue weighted by molar-refractivity contribution is 6.02. The maximum Gasteiger partial charge on any atom is 0.339 e. The van der Waals surface area contributed by atoms with Gasteiger partial charge in [0.1, 0.15) is 17.0 Å². The molecule has 2 aromatic carbocycles. The number of nitrogens with one attached hydrogen (secondary N) is 1. The molecule has 0 bridgehead atoms. The van der Waals surface area contributed by atoms with Gasteiger partial charge in [0, 0.05) is 74.2 Å².